The van der Waals surface area contributed by atoms with Crippen molar-refractivity contribution in [2.24, 2.45) is 5.16 Å². The Hall–Kier alpha value is -2.20. The van der Waals surface area contributed by atoms with Gasteiger partial charge in [0.2, 0.25) is 0 Å². The lowest BCUT2D eigenvalue weighted by atomic mass is 9.98. The molecule has 0 saturated heterocycles. The fourth-order valence-electron chi connectivity index (χ4n) is 2.48. The Balaban J connectivity index is 2.11. The Labute approximate surface area is 122 Å². The van der Waals surface area contributed by atoms with Gasteiger partial charge in [0.15, 0.2) is 0 Å². The molecule has 2 aromatic carbocycles. The molecule has 1 heterocycles. The monoisotopic (exact) mass is 287 g/mol. The minimum atomic E-state index is 0.677. The summed E-state index contributed by atoms with van der Waals surface area (Å²) in [6.07, 6.45) is 0.677. The number of nitrogens with zero attached hydrogens (tertiary/aromatic N) is 2. The van der Waals surface area contributed by atoms with E-state index in [1.54, 1.807) is 0 Å². The largest absolute Gasteiger partial charge is 0.411 e. The predicted octanol–water partition coefficient (Wildman–Crippen LogP) is 3.64. The van der Waals surface area contributed by atoms with Gasteiger partial charge in [-0.15, -0.1) is 0 Å². The number of rotatable bonds is 1. The van der Waals surface area contributed by atoms with E-state index in [2.05, 4.69) is 10.1 Å². The lowest BCUT2D eigenvalue weighted by Crippen LogP contribution is -2.28. The summed E-state index contributed by atoms with van der Waals surface area (Å²) in [5.41, 5.74) is 10.1. The van der Waals surface area contributed by atoms with Crippen molar-refractivity contribution in [3.05, 3.63) is 53.1 Å². The van der Waals surface area contributed by atoms with Crippen molar-refractivity contribution in [2.75, 3.05) is 17.2 Å². The van der Waals surface area contributed by atoms with Crippen LogP contribution in [0.25, 0.3) is 0 Å². The maximum Gasteiger partial charge on any atom is 0.0906 e. The van der Waals surface area contributed by atoms with Gasteiger partial charge >= 0.3 is 0 Å². The molecule has 1 aliphatic rings. The molecule has 0 aromatic heterocycles. The van der Waals surface area contributed by atoms with Crippen LogP contribution in [0, 0.1) is 0 Å². The number of hydrogen-bond acceptors (Lipinski definition) is 4. The van der Waals surface area contributed by atoms with Crippen LogP contribution in [0.3, 0.4) is 0 Å². The summed E-state index contributed by atoms with van der Waals surface area (Å²) >= 11 is 5.93. The highest BCUT2D eigenvalue weighted by Gasteiger charge is 2.23. The van der Waals surface area contributed by atoms with Gasteiger partial charge in [-0.2, -0.15) is 0 Å². The van der Waals surface area contributed by atoms with Crippen LogP contribution in [0.5, 0.6) is 0 Å². The standard InChI is InChI=1S/C15H14ClN3O/c16-10-1-4-12(5-2-10)19-8-7-14(18-20)13-6-3-11(17)9-15(13)19/h1-6,9,20H,7-8,17H2/b18-14+. The highest BCUT2D eigenvalue weighted by atomic mass is 35.5. The first-order valence-electron chi connectivity index (χ1n) is 6.33. The van der Waals surface area contributed by atoms with Crippen LogP contribution in [0.1, 0.15) is 12.0 Å². The van der Waals surface area contributed by atoms with Crippen LogP contribution < -0.4 is 10.6 Å². The maximum absolute atomic E-state index is 9.12. The van der Waals surface area contributed by atoms with Gasteiger partial charge in [0.05, 0.1) is 11.4 Å². The van der Waals surface area contributed by atoms with Gasteiger partial charge in [0.25, 0.3) is 0 Å². The number of nitrogen functional groups attached to an aromatic ring is 1. The van der Waals surface area contributed by atoms with E-state index in [0.29, 0.717) is 22.8 Å². The first kappa shape index (κ1) is 12.8. The molecule has 0 fully saturated rings. The summed E-state index contributed by atoms with van der Waals surface area (Å²) in [6.45, 7) is 0.734. The molecular formula is C15H14ClN3O. The Bertz CT molecular complexity index is 667. The molecule has 20 heavy (non-hydrogen) atoms. The third-order valence-corrected chi connectivity index (χ3v) is 3.71. The summed E-state index contributed by atoms with van der Waals surface area (Å²) in [6, 6.07) is 13.3. The molecule has 102 valence electrons. The van der Waals surface area contributed by atoms with E-state index in [9.17, 15) is 0 Å². The quantitative estimate of drug-likeness (QED) is 0.478. The number of hydrogen-bond donors (Lipinski definition) is 2. The third kappa shape index (κ3) is 2.18. The van der Waals surface area contributed by atoms with E-state index in [4.69, 9.17) is 22.5 Å². The van der Waals surface area contributed by atoms with Gasteiger partial charge in [-0.05, 0) is 42.5 Å². The predicted molar refractivity (Wildman–Crippen MR) is 82.3 cm³/mol. The second-order valence-corrected chi connectivity index (χ2v) is 5.14. The molecule has 4 nitrogen and oxygen atoms in total. The fourth-order valence-corrected chi connectivity index (χ4v) is 2.61. The van der Waals surface area contributed by atoms with Crippen molar-refractivity contribution < 1.29 is 5.21 Å². The lowest BCUT2D eigenvalue weighted by molar-refractivity contribution is 0.318. The topological polar surface area (TPSA) is 61.8 Å². The Morgan fingerprint density at radius 1 is 1.15 bits per heavy atom. The van der Waals surface area contributed by atoms with E-state index in [1.165, 1.54) is 0 Å². The van der Waals surface area contributed by atoms with Crippen LogP contribution >= 0.6 is 11.6 Å². The average molecular weight is 288 g/mol. The van der Waals surface area contributed by atoms with Gasteiger partial charge in [-0.25, -0.2) is 0 Å². The Morgan fingerprint density at radius 2 is 1.90 bits per heavy atom. The number of fused-ring (bicyclic) bond motifs is 1. The van der Waals surface area contributed by atoms with Crippen LogP contribution in [0.15, 0.2) is 47.6 Å². The molecule has 0 atom stereocenters. The van der Waals surface area contributed by atoms with E-state index < -0.39 is 0 Å². The van der Waals surface area contributed by atoms with Gasteiger partial charge in [-0.1, -0.05) is 16.8 Å². The summed E-state index contributed by atoms with van der Waals surface area (Å²) < 4.78 is 0. The maximum atomic E-state index is 9.12. The minimum Gasteiger partial charge on any atom is -0.411 e. The molecule has 2 aromatic rings. The Kier molecular flexibility index (Phi) is 3.24. The second kappa shape index (κ2) is 5.06. The summed E-state index contributed by atoms with van der Waals surface area (Å²) in [5.74, 6) is 0. The number of nitrogens with two attached hydrogens (primary N) is 1. The SMILES string of the molecule is Nc1ccc2c(c1)N(c1ccc(Cl)cc1)CC/C2=N\O. The molecule has 0 amide bonds. The van der Waals surface area contributed by atoms with Gasteiger partial charge in [-0.3, -0.25) is 0 Å². The molecule has 5 heteroatoms. The van der Waals surface area contributed by atoms with Crippen molar-refractivity contribution in [3.8, 4) is 0 Å². The molecule has 1 aliphatic heterocycles. The number of halogens is 1. The third-order valence-electron chi connectivity index (χ3n) is 3.45. The minimum absolute atomic E-state index is 0.677. The first-order chi connectivity index (χ1) is 9.69. The van der Waals surface area contributed by atoms with Crippen molar-refractivity contribution in [1.82, 2.24) is 0 Å². The van der Waals surface area contributed by atoms with Crippen molar-refractivity contribution in [3.63, 3.8) is 0 Å². The molecule has 3 N–H and O–H groups in total. The van der Waals surface area contributed by atoms with E-state index >= 15 is 0 Å². The van der Waals surface area contributed by atoms with Crippen LogP contribution in [0.4, 0.5) is 17.1 Å². The van der Waals surface area contributed by atoms with Gasteiger partial charge in [0.1, 0.15) is 0 Å². The fraction of sp³-hybridized carbons (Fsp3) is 0.133. The lowest BCUT2D eigenvalue weighted by Gasteiger charge is -2.32. The molecule has 0 unspecified atom stereocenters. The van der Waals surface area contributed by atoms with Crippen LogP contribution in [0.2, 0.25) is 5.02 Å². The highest BCUT2D eigenvalue weighted by molar-refractivity contribution is 6.30. The molecule has 3 rings (SSSR count). The van der Waals surface area contributed by atoms with Gasteiger partial charge < -0.3 is 15.8 Å². The van der Waals surface area contributed by atoms with Crippen LogP contribution in [-0.4, -0.2) is 17.5 Å². The molecule has 0 radical (unpaired) electrons. The molecular weight excluding hydrogens is 274 g/mol. The number of anilines is 3. The molecule has 0 saturated carbocycles. The van der Waals surface area contributed by atoms with Crippen molar-refractivity contribution in [2.45, 2.75) is 6.42 Å². The van der Waals surface area contributed by atoms with E-state index in [1.807, 2.05) is 42.5 Å². The van der Waals surface area contributed by atoms with Crippen LogP contribution in [-0.2, 0) is 0 Å². The zero-order chi connectivity index (χ0) is 14.1. The average Bonchev–Trinajstić information content (AvgIpc) is 2.47. The normalized spacial score (nSPS) is 16.2. The second-order valence-electron chi connectivity index (χ2n) is 4.70. The molecule has 0 aliphatic carbocycles. The van der Waals surface area contributed by atoms with E-state index in [-0.39, 0.29) is 0 Å². The first-order valence-corrected chi connectivity index (χ1v) is 6.71. The summed E-state index contributed by atoms with van der Waals surface area (Å²) in [4.78, 5) is 2.15. The van der Waals surface area contributed by atoms with Crippen molar-refractivity contribution in [1.29, 1.82) is 0 Å². The smallest absolute Gasteiger partial charge is 0.0906 e. The Morgan fingerprint density at radius 3 is 2.60 bits per heavy atom. The zero-order valence-electron chi connectivity index (χ0n) is 10.8. The summed E-state index contributed by atoms with van der Waals surface area (Å²) in [7, 11) is 0. The highest BCUT2D eigenvalue weighted by Crippen LogP contribution is 2.35. The summed E-state index contributed by atoms with van der Waals surface area (Å²) in [5, 5.41) is 13.2. The molecule has 0 spiro atoms. The number of oxime groups is 1. The van der Waals surface area contributed by atoms with Gasteiger partial charge in [0, 0.05) is 34.9 Å². The number of benzene rings is 2. The molecule has 0 bridgehead atoms. The van der Waals surface area contributed by atoms with E-state index in [0.717, 1.165) is 23.5 Å². The van der Waals surface area contributed by atoms with Crippen molar-refractivity contribution >= 4 is 34.4 Å². The zero-order valence-corrected chi connectivity index (χ0v) is 11.5.